The molecular weight excluding hydrogens is 656 g/mol. The van der Waals surface area contributed by atoms with Crippen molar-refractivity contribution in [2.45, 2.75) is 45.0 Å². The lowest BCUT2D eigenvalue weighted by molar-refractivity contribution is -0.141. The molecule has 0 unspecified atom stereocenters. The monoisotopic (exact) mass is 679 g/mol. The third kappa shape index (κ3) is 7.19. The minimum Gasteiger partial charge on any atom is -0.403 e. The van der Waals surface area contributed by atoms with Gasteiger partial charge in [0.1, 0.15) is 5.82 Å². The zero-order valence-electron chi connectivity index (χ0n) is 24.2. The summed E-state index contributed by atoms with van der Waals surface area (Å²) in [5, 5.41) is 8.71. The number of benzene rings is 1. The summed E-state index contributed by atoms with van der Waals surface area (Å²) in [6.07, 6.45) is 0.217. The van der Waals surface area contributed by atoms with Crippen LogP contribution < -0.4 is 16.6 Å². The van der Waals surface area contributed by atoms with Gasteiger partial charge in [0.25, 0.3) is 5.56 Å². The molecule has 0 spiro atoms. The highest BCUT2D eigenvalue weighted by atomic mass is 35.5. The second-order valence-electron chi connectivity index (χ2n) is 10.5. The maximum absolute atomic E-state index is 14.5. The van der Waals surface area contributed by atoms with Crippen molar-refractivity contribution in [3.63, 3.8) is 0 Å². The van der Waals surface area contributed by atoms with Gasteiger partial charge in [0.15, 0.2) is 5.69 Å². The van der Waals surface area contributed by atoms with E-state index in [1.165, 1.54) is 29.2 Å². The summed E-state index contributed by atoms with van der Waals surface area (Å²) in [5.74, 6) is -2.01. The van der Waals surface area contributed by atoms with Crippen LogP contribution in [0.4, 0.5) is 26.3 Å². The Labute approximate surface area is 266 Å². The summed E-state index contributed by atoms with van der Waals surface area (Å²) < 4.78 is 83.0. The number of nitrogens with two attached hydrogens (primary N) is 1. The van der Waals surface area contributed by atoms with Gasteiger partial charge in [-0.15, -0.1) is 5.10 Å². The maximum atomic E-state index is 14.5. The number of amides is 1. The van der Waals surface area contributed by atoms with Gasteiger partial charge in [-0.3, -0.25) is 19.1 Å². The summed E-state index contributed by atoms with van der Waals surface area (Å²) in [5.41, 5.74) is 3.39. The number of hydrogen-bond donors (Lipinski definition) is 2. The van der Waals surface area contributed by atoms with E-state index in [0.717, 1.165) is 24.4 Å². The zero-order valence-corrected chi connectivity index (χ0v) is 25.0. The van der Waals surface area contributed by atoms with Gasteiger partial charge in [0.2, 0.25) is 5.91 Å². The first-order valence-corrected chi connectivity index (χ1v) is 14.3. The number of carbonyl (C=O) groups excluding carboxylic acids is 1. The minimum absolute atomic E-state index is 0.0214. The number of nitrogens with one attached hydrogen (secondary N) is 1. The molecule has 1 aliphatic rings. The zero-order chi connectivity index (χ0) is 34.0. The van der Waals surface area contributed by atoms with Crippen molar-refractivity contribution in [1.82, 2.24) is 34.8 Å². The van der Waals surface area contributed by atoms with Crippen molar-refractivity contribution in [2.24, 2.45) is 16.6 Å². The van der Waals surface area contributed by atoms with E-state index in [1.807, 2.05) is 0 Å². The third-order valence-corrected chi connectivity index (χ3v) is 7.67. The first kappa shape index (κ1) is 33.3. The number of allylic oxidation sites excluding steroid dienone is 1. The molecule has 4 heterocycles. The van der Waals surface area contributed by atoms with Gasteiger partial charge >= 0.3 is 12.7 Å². The van der Waals surface area contributed by atoms with Gasteiger partial charge in [-0.25, -0.2) is 19.0 Å². The molecule has 0 saturated carbocycles. The molecule has 5 rings (SSSR count). The predicted octanol–water partition coefficient (Wildman–Crippen LogP) is 5.03. The lowest BCUT2D eigenvalue weighted by atomic mass is 9.96. The fourth-order valence-corrected chi connectivity index (χ4v) is 5.19. The smallest absolute Gasteiger partial charge is 0.403 e. The Bertz CT molecular complexity index is 1940. The van der Waals surface area contributed by atoms with Gasteiger partial charge in [-0.1, -0.05) is 30.2 Å². The summed E-state index contributed by atoms with van der Waals surface area (Å²) in [6, 6.07) is 5.02. The van der Waals surface area contributed by atoms with Crippen molar-refractivity contribution in [3.05, 3.63) is 99.1 Å². The number of rotatable bonds is 4. The molecule has 2 atom stereocenters. The van der Waals surface area contributed by atoms with Crippen LogP contribution in [0.5, 0.6) is 0 Å². The van der Waals surface area contributed by atoms with Crippen LogP contribution in [0.15, 0.2) is 70.7 Å². The first-order chi connectivity index (χ1) is 22.3. The Hall–Kier alpha value is -5.06. The molecule has 0 fully saturated rings. The van der Waals surface area contributed by atoms with E-state index in [9.17, 15) is 35.9 Å². The summed E-state index contributed by atoms with van der Waals surface area (Å²) in [7, 11) is 0. The van der Waals surface area contributed by atoms with Crippen molar-refractivity contribution in [3.8, 4) is 16.9 Å². The molecule has 1 aliphatic heterocycles. The largest absolute Gasteiger partial charge is 0.436 e. The molecule has 0 aliphatic carbocycles. The quantitative estimate of drug-likeness (QED) is 0.227. The van der Waals surface area contributed by atoms with Crippen LogP contribution in [-0.4, -0.2) is 47.7 Å². The van der Waals surface area contributed by atoms with Crippen LogP contribution in [0.1, 0.15) is 49.2 Å². The highest BCUT2D eigenvalue weighted by Gasteiger charge is 2.35. The standard InChI is InChI=1S/C29H24ClF6N9O2/c1-14-3-2-4-22(20-7-15(5-6-38-20)26(41-28(32)33)21(11-37)40-27(14)47)44-13-39-19(10-25(44)46)16-8-17(30)18(31)9-23(16)45-12-24(42-43-45)29(34,35)36/h5-14,22,28H,2-4,37H2,1H3,(H,40,47)/t14-,22+/m1/s1. The number of aromatic nitrogens is 6. The molecule has 3 aromatic heterocycles. The van der Waals surface area contributed by atoms with E-state index in [4.69, 9.17) is 17.3 Å². The molecule has 0 saturated heterocycles. The first-order valence-electron chi connectivity index (χ1n) is 13.9. The highest BCUT2D eigenvalue weighted by molar-refractivity contribution is 6.31. The highest BCUT2D eigenvalue weighted by Crippen LogP contribution is 2.33. The predicted molar refractivity (Wildman–Crippen MR) is 157 cm³/mol. The molecule has 18 heteroatoms. The van der Waals surface area contributed by atoms with Gasteiger partial charge in [0, 0.05) is 41.6 Å². The number of aliphatic imine (C=N–C) groups is 1. The summed E-state index contributed by atoms with van der Waals surface area (Å²) >= 11 is 5.99. The Morgan fingerprint density at radius 2 is 1.91 bits per heavy atom. The molecule has 1 amide bonds. The Balaban J connectivity index is 1.61. The average Bonchev–Trinajstić information content (AvgIpc) is 3.53. The minimum atomic E-state index is -4.82. The van der Waals surface area contributed by atoms with Crippen molar-refractivity contribution in [2.75, 3.05) is 0 Å². The van der Waals surface area contributed by atoms with Crippen LogP contribution >= 0.6 is 11.6 Å². The van der Waals surface area contributed by atoms with Crippen molar-refractivity contribution >= 4 is 23.2 Å². The maximum Gasteiger partial charge on any atom is 0.436 e. The van der Waals surface area contributed by atoms with E-state index in [-0.39, 0.29) is 46.0 Å². The van der Waals surface area contributed by atoms with E-state index in [0.29, 0.717) is 23.7 Å². The van der Waals surface area contributed by atoms with E-state index < -0.39 is 52.7 Å². The molecule has 1 aromatic carbocycles. The number of fused-ring (bicyclic) bond motifs is 2. The van der Waals surface area contributed by atoms with Crippen LogP contribution in [0.2, 0.25) is 5.02 Å². The topological polar surface area (TPSA) is 146 Å². The molecule has 3 N–H and O–H groups in total. The number of pyridine rings is 1. The lowest BCUT2D eigenvalue weighted by Gasteiger charge is -2.23. The molecular formula is C29H24ClF6N9O2. The van der Waals surface area contributed by atoms with Crippen LogP contribution in [0, 0.1) is 11.7 Å². The lowest BCUT2D eigenvalue weighted by Crippen LogP contribution is -2.34. The van der Waals surface area contributed by atoms with Gasteiger partial charge in [-0.2, -0.15) is 22.0 Å². The molecule has 0 radical (unpaired) electrons. The van der Waals surface area contributed by atoms with Gasteiger partial charge < -0.3 is 11.1 Å². The Morgan fingerprint density at radius 1 is 1.15 bits per heavy atom. The van der Waals surface area contributed by atoms with E-state index in [2.05, 4.69) is 30.6 Å². The number of alkyl halides is 5. The van der Waals surface area contributed by atoms with Crippen LogP contribution in [-0.2, 0) is 11.0 Å². The fourth-order valence-electron chi connectivity index (χ4n) is 5.02. The second-order valence-corrected chi connectivity index (χ2v) is 10.9. The normalized spacial score (nSPS) is 19.5. The van der Waals surface area contributed by atoms with Crippen LogP contribution in [0.3, 0.4) is 0 Å². The number of nitrogens with zero attached hydrogens (tertiary/aromatic N) is 7. The summed E-state index contributed by atoms with van der Waals surface area (Å²) in [6.45, 7) is -1.50. The third-order valence-electron chi connectivity index (χ3n) is 7.38. The van der Waals surface area contributed by atoms with Gasteiger partial charge in [-0.05, 0) is 31.0 Å². The van der Waals surface area contributed by atoms with Crippen molar-refractivity contribution < 1.29 is 31.1 Å². The molecule has 2 bridgehead atoms. The SMILES string of the molecule is C[C@@H]1CCC[C@H](n2cnc(-c3cc(Cl)c(F)cc3-n3cc(C(F)(F)F)nn3)cc2=O)c2cc(ccn2)C(=NC(F)F)C(=CN)NC1=O. The summed E-state index contributed by atoms with van der Waals surface area (Å²) in [4.78, 5) is 38.5. The van der Waals surface area contributed by atoms with E-state index in [1.54, 1.807) is 6.92 Å². The number of hydrogen-bond acceptors (Lipinski definition) is 8. The Morgan fingerprint density at radius 3 is 2.57 bits per heavy atom. The number of carbonyl (C=O) groups is 1. The van der Waals surface area contributed by atoms with Gasteiger partial charge in [0.05, 0.1) is 52.1 Å². The Kier molecular flexibility index (Phi) is 9.46. The molecule has 246 valence electrons. The van der Waals surface area contributed by atoms with E-state index >= 15 is 0 Å². The second kappa shape index (κ2) is 13.4. The fraction of sp³-hybridized carbons (Fsp3) is 0.276. The molecule has 4 aromatic rings. The molecule has 47 heavy (non-hydrogen) atoms. The van der Waals surface area contributed by atoms with Crippen molar-refractivity contribution in [1.29, 1.82) is 0 Å². The molecule has 11 nitrogen and oxygen atoms in total. The van der Waals surface area contributed by atoms with Crippen LogP contribution in [0.25, 0.3) is 16.9 Å². The average molecular weight is 680 g/mol. The number of halogens is 7.